The maximum Gasteiger partial charge on any atom is 0.124 e. The summed E-state index contributed by atoms with van der Waals surface area (Å²) in [6, 6.07) is 8.78. The number of ether oxygens (including phenoxy) is 1. The van der Waals surface area contributed by atoms with E-state index in [-0.39, 0.29) is 0 Å². The van der Waals surface area contributed by atoms with E-state index in [9.17, 15) is 0 Å². The van der Waals surface area contributed by atoms with Crippen LogP contribution >= 0.6 is 11.8 Å². The van der Waals surface area contributed by atoms with Gasteiger partial charge in [-0.3, -0.25) is 0 Å². The van der Waals surface area contributed by atoms with E-state index in [2.05, 4.69) is 23.5 Å². The molecule has 1 heterocycles. The zero-order valence-electron chi connectivity index (χ0n) is 9.03. The molecule has 15 heavy (non-hydrogen) atoms. The van der Waals surface area contributed by atoms with Gasteiger partial charge in [-0.2, -0.15) is 11.8 Å². The van der Waals surface area contributed by atoms with Gasteiger partial charge in [-0.1, -0.05) is 18.2 Å². The summed E-state index contributed by atoms with van der Waals surface area (Å²) >= 11 is 2.01. The third-order valence-electron chi connectivity index (χ3n) is 2.52. The van der Waals surface area contributed by atoms with Gasteiger partial charge in [-0.25, -0.2) is 0 Å². The van der Waals surface area contributed by atoms with Crippen molar-refractivity contribution in [2.24, 2.45) is 0 Å². The molecule has 0 bridgehead atoms. The van der Waals surface area contributed by atoms with Crippen LogP contribution in [0.4, 0.5) is 0 Å². The van der Waals surface area contributed by atoms with Crippen LogP contribution < -0.4 is 10.1 Å². The average Bonchev–Trinajstić information content (AvgIpc) is 2.31. The number of thioether (sulfide) groups is 1. The molecule has 1 saturated heterocycles. The van der Waals surface area contributed by atoms with Gasteiger partial charge < -0.3 is 10.1 Å². The van der Waals surface area contributed by atoms with Gasteiger partial charge in [-0.05, 0) is 13.0 Å². The molecule has 1 aromatic rings. The molecule has 0 saturated carbocycles. The summed E-state index contributed by atoms with van der Waals surface area (Å²) in [6.45, 7) is 3.85. The Morgan fingerprint density at radius 2 is 2.33 bits per heavy atom. The van der Waals surface area contributed by atoms with E-state index >= 15 is 0 Å². The summed E-state index contributed by atoms with van der Waals surface area (Å²) in [5.74, 6) is 3.39. The van der Waals surface area contributed by atoms with Gasteiger partial charge in [0.1, 0.15) is 5.75 Å². The minimum atomic E-state index is 0.450. The van der Waals surface area contributed by atoms with Crippen molar-refractivity contribution in [1.29, 1.82) is 0 Å². The lowest BCUT2D eigenvalue weighted by Gasteiger charge is -2.25. The van der Waals surface area contributed by atoms with Gasteiger partial charge >= 0.3 is 0 Å². The van der Waals surface area contributed by atoms with Crippen molar-refractivity contribution >= 4 is 11.8 Å². The Kier molecular flexibility index (Phi) is 3.92. The van der Waals surface area contributed by atoms with E-state index in [1.165, 1.54) is 11.3 Å². The number of rotatable bonds is 3. The maximum absolute atomic E-state index is 5.64. The molecular weight excluding hydrogens is 206 g/mol. The van der Waals surface area contributed by atoms with Crippen LogP contribution in [0.3, 0.4) is 0 Å². The van der Waals surface area contributed by atoms with Gasteiger partial charge in [0, 0.05) is 29.7 Å². The largest absolute Gasteiger partial charge is 0.494 e. The Hall–Kier alpha value is -0.670. The average molecular weight is 223 g/mol. The lowest BCUT2D eigenvalue weighted by atomic mass is 10.1. The van der Waals surface area contributed by atoms with E-state index in [4.69, 9.17) is 4.74 Å². The van der Waals surface area contributed by atoms with Crippen molar-refractivity contribution in [3.63, 3.8) is 0 Å². The Labute approximate surface area is 95.4 Å². The van der Waals surface area contributed by atoms with Gasteiger partial charge in [0.25, 0.3) is 0 Å². The molecule has 3 heteroatoms. The van der Waals surface area contributed by atoms with Crippen molar-refractivity contribution in [3.8, 4) is 5.75 Å². The molecule has 1 fully saturated rings. The highest BCUT2D eigenvalue weighted by Gasteiger charge is 2.18. The monoisotopic (exact) mass is 223 g/mol. The molecule has 1 aromatic carbocycles. The summed E-state index contributed by atoms with van der Waals surface area (Å²) < 4.78 is 5.64. The lowest BCUT2D eigenvalue weighted by Crippen LogP contribution is -2.30. The second-order valence-corrected chi connectivity index (χ2v) is 4.70. The molecule has 82 valence electrons. The second kappa shape index (κ2) is 5.42. The Morgan fingerprint density at radius 3 is 3.07 bits per heavy atom. The first-order valence-corrected chi connectivity index (χ1v) is 6.60. The first-order chi connectivity index (χ1) is 7.42. The quantitative estimate of drug-likeness (QED) is 0.850. The van der Waals surface area contributed by atoms with Crippen LogP contribution in [0.2, 0.25) is 0 Å². The number of hydrogen-bond donors (Lipinski definition) is 1. The summed E-state index contributed by atoms with van der Waals surface area (Å²) in [5.41, 5.74) is 1.30. The molecule has 1 aliphatic rings. The first-order valence-electron chi connectivity index (χ1n) is 5.44. The molecule has 0 spiro atoms. The SMILES string of the molecule is CCOc1ccccc1C1CSCCN1. The highest BCUT2D eigenvalue weighted by molar-refractivity contribution is 7.99. The third kappa shape index (κ3) is 2.67. The standard InChI is InChI=1S/C12H17NOS/c1-2-14-12-6-4-3-5-10(12)11-9-15-8-7-13-11/h3-6,11,13H,2,7-9H2,1H3. The molecular formula is C12H17NOS. The minimum absolute atomic E-state index is 0.450. The molecule has 2 rings (SSSR count). The van der Waals surface area contributed by atoms with Gasteiger partial charge in [0.05, 0.1) is 6.61 Å². The summed E-state index contributed by atoms with van der Waals surface area (Å²) in [6.07, 6.45) is 0. The van der Waals surface area contributed by atoms with E-state index < -0.39 is 0 Å². The minimum Gasteiger partial charge on any atom is -0.494 e. The second-order valence-electron chi connectivity index (χ2n) is 3.55. The summed E-state index contributed by atoms with van der Waals surface area (Å²) in [7, 11) is 0. The van der Waals surface area contributed by atoms with Crippen LogP contribution in [0.15, 0.2) is 24.3 Å². The topological polar surface area (TPSA) is 21.3 Å². The van der Waals surface area contributed by atoms with Crippen LogP contribution in [0.5, 0.6) is 5.75 Å². The molecule has 0 aliphatic carbocycles. The van der Waals surface area contributed by atoms with Crippen LogP contribution in [-0.2, 0) is 0 Å². The Balaban J connectivity index is 2.17. The number of para-hydroxylation sites is 1. The van der Waals surface area contributed by atoms with Crippen LogP contribution in [-0.4, -0.2) is 24.7 Å². The molecule has 1 N–H and O–H groups in total. The van der Waals surface area contributed by atoms with Crippen LogP contribution in [0.25, 0.3) is 0 Å². The fraction of sp³-hybridized carbons (Fsp3) is 0.500. The van der Waals surface area contributed by atoms with E-state index in [0.717, 1.165) is 24.7 Å². The highest BCUT2D eigenvalue weighted by Crippen LogP contribution is 2.29. The number of hydrogen-bond acceptors (Lipinski definition) is 3. The molecule has 0 radical (unpaired) electrons. The van der Waals surface area contributed by atoms with Crippen molar-refractivity contribution in [1.82, 2.24) is 5.32 Å². The fourth-order valence-electron chi connectivity index (χ4n) is 1.82. The fourth-order valence-corrected chi connectivity index (χ4v) is 2.78. The third-order valence-corrected chi connectivity index (χ3v) is 3.58. The van der Waals surface area contributed by atoms with Crippen molar-refractivity contribution < 1.29 is 4.74 Å². The molecule has 1 unspecified atom stereocenters. The smallest absolute Gasteiger partial charge is 0.124 e. The highest BCUT2D eigenvalue weighted by atomic mass is 32.2. The molecule has 1 atom stereocenters. The van der Waals surface area contributed by atoms with Gasteiger partial charge in [0.2, 0.25) is 0 Å². The Bertz CT molecular complexity index is 310. The normalized spacial score (nSPS) is 21.3. The molecule has 0 aromatic heterocycles. The predicted molar refractivity (Wildman–Crippen MR) is 65.7 cm³/mol. The van der Waals surface area contributed by atoms with Crippen LogP contribution in [0, 0.1) is 0 Å². The van der Waals surface area contributed by atoms with E-state index in [0.29, 0.717) is 6.04 Å². The van der Waals surface area contributed by atoms with Crippen LogP contribution in [0.1, 0.15) is 18.5 Å². The van der Waals surface area contributed by atoms with Crippen molar-refractivity contribution in [3.05, 3.63) is 29.8 Å². The lowest BCUT2D eigenvalue weighted by molar-refractivity contribution is 0.332. The summed E-state index contributed by atoms with van der Waals surface area (Å²) in [4.78, 5) is 0. The number of benzene rings is 1. The van der Waals surface area contributed by atoms with Crippen molar-refractivity contribution in [2.45, 2.75) is 13.0 Å². The maximum atomic E-state index is 5.64. The Morgan fingerprint density at radius 1 is 1.47 bits per heavy atom. The van der Waals surface area contributed by atoms with Crippen molar-refractivity contribution in [2.75, 3.05) is 24.7 Å². The molecule has 0 amide bonds. The molecule has 1 aliphatic heterocycles. The summed E-state index contributed by atoms with van der Waals surface area (Å²) in [5, 5.41) is 3.53. The zero-order valence-corrected chi connectivity index (χ0v) is 9.85. The predicted octanol–water partition coefficient (Wildman–Crippen LogP) is 2.46. The first kappa shape index (κ1) is 10.8. The van der Waals surface area contributed by atoms with E-state index in [1.54, 1.807) is 0 Å². The van der Waals surface area contributed by atoms with Gasteiger partial charge in [0.15, 0.2) is 0 Å². The zero-order chi connectivity index (χ0) is 10.5. The van der Waals surface area contributed by atoms with E-state index in [1.807, 2.05) is 24.8 Å². The number of nitrogens with one attached hydrogen (secondary N) is 1. The van der Waals surface area contributed by atoms with Gasteiger partial charge in [-0.15, -0.1) is 0 Å². The molecule has 2 nitrogen and oxygen atoms in total.